The number of aromatic nitrogens is 1. The Hall–Kier alpha value is -1.61. The van der Waals surface area contributed by atoms with Gasteiger partial charge in [-0.2, -0.15) is 0 Å². The van der Waals surface area contributed by atoms with Crippen LogP contribution in [0.4, 0.5) is 0 Å². The van der Waals surface area contributed by atoms with Crippen LogP contribution in [-0.4, -0.2) is 34.3 Å². The van der Waals surface area contributed by atoms with E-state index in [2.05, 4.69) is 55.1 Å². The molecule has 1 heterocycles. The molecular weight excluding hydrogens is 284 g/mol. The first-order chi connectivity index (χ1) is 10.6. The van der Waals surface area contributed by atoms with E-state index in [1.54, 1.807) is 0 Å². The standard InChI is InChI=1S/C20H30N2O/c1-19(2,3)18(23)14-22(20(4,5)6)12-11-15-13-21-17-10-8-7-9-16(15)17/h7-10,13,21H,11-12,14H2,1-6H3. The highest BCUT2D eigenvalue weighted by Gasteiger charge is 2.28. The van der Waals surface area contributed by atoms with Gasteiger partial charge in [0.15, 0.2) is 5.78 Å². The van der Waals surface area contributed by atoms with Gasteiger partial charge in [-0.1, -0.05) is 39.0 Å². The summed E-state index contributed by atoms with van der Waals surface area (Å²) in [7, 11) is 0. The zero-order valence-electron chi connectivity index (χ0n) is 15.4. The van der Waals surface area contributed by atoms with Crippen molar-refractivity contribution in [2.45, 2.75) is 53.5 Å². The summed E-state index contributed by atoms with van der Waals surface area (Å²) in [6.45, 7) is 13.9. The lowest BCUT2D eigenvalue weighted by Gasteiger charge is -2.36. The maximum atomic E-state index is 12.4. The second kappa shape index (κ2) is 6.48. The van der Waals surface area contributed by atoms with Crippen molar-refractivity contribution in [3.05, 3.63) is 36.0 Å². The first-order valence-electron chi connectivity index (χ1n) is 8.42. The first-order valence-corrected chi connectivity index (χ1v) is 8.42. The lowest BCUT2D eigenvalue weighted by molar-refractivity contribution is -0.128. The summed E-state index contributed by atoms with van der Waals surface area (Å²) < 4.78 is 0. The Labute approximate surface area is 140 Å². The van der Waals surface area contributed by atoms with Gasteiger partial charge in [0.05, 0.1) is 6.54 Å². The highest BCUT2D eigenvalue weighted by molar-refractivity contribution is 5.85. The van der Waals surface area contributed by atoms with Gasteiger partial charge in [-0.15, -0.1) is 0 Å². The van der Waals surface area contributed by atoms with Crippen molar-refractivity contribution < 1.29 is 4.79 Å². The van der Waals surface area contributed by atoms with Crippen molar-refractivity contribution in [2.75, 3.05) is 13.1 Å². The smallest absolute Gasteiger partial charge is 0.152 e. The predicted octanol–water partition coefficient (Wildman–Crippen LogP) is 4.43. The number of fused-ring (bicyclic) bond motifs is 1. The van der Waals surface area contributed by atoms with Crippen LogP contribution in [0.25, 0.3) is 10.9 Å². The molecule has 3 heteroatoms. The van der Waals surface area contributed by atoms with Crippen LogP contribution in [-0.2, 0) is 11.2 Å². The fraction of sp³-hybridized carbons (Fsp3) is 0.550. The minimum absolute atomic E-state index is 0.0208. The molecule has 2 rings (SSSR count). The van der Waals surface area contributed by atoms with Gasteiger partial charge in [-0.25, -0.2) is 0 Å². The number of benzene rings is 1. The average Bonchev–Trinajstić information content (AvgIpc) is 2.84. The van der Waals surface area contributed by atoms with Gasteiger partial charge in [0.1, 0.15) is 0 Å². The maximum absolute atomic E-state index is 12.4. The van der Waals surface area contributed by atoms with Gasteiger partial charge in [-0.05, 0) is 38.8 Å². The van der Waals surface area contributed by atoms with E-state index >= 15 is 0 Å². The van der Waals surface area contributed by atoms with Crippen molar-refractivity contribution in [1.29, 1.82) is 0 Å². The molecule has 0 amide bonds. The number of hydrogen-bond donors (Lipinski definition) is 1. The van der Waals surface area contributed by atoms with Crippen molar-refractivity contribution in [1.82, 2.24) is 9.88 Å². The third kappa shape index (κ3) is 4.44. The largest absolute Gasteiger partial charge is 0.361 e. The molecule has 0 spiro atoms. The van der Waals surface area contributed by atoms with Crippen LogP contribution >= 0.6 is 0 Å². The van der Waals surface area contributed by atoms with Gasteiger partial charge in [0, 0.05) is 34.6 Å². The Balaban J connectivity index is 2.11. The van der Waals surface area contributed by atoms with E-state index in [1.807, 2.05) is 26.8 Å². The van der Waals surface area contributed by atoms with E-state index in [0.29, 0.717) is 12.3 Å². The van der Waals surface area contributed by atoms with E-state index in [-0.39, 0.29) is 11.0 Å². The Morgan fingerprint density at radius 2 is 1.74 bits per heavy atom. The third-order valence-corrected chi connectivity index (χ3v) is 4.45. The van der Waals surface area contributed by atoms with Crippen LogP contribution in [0.3, 0.4) is 0 Å². The fourth-order valence-corrected chi connectivity index (χ4v) is 2.66. The Morgan fingerprint density at radius 1 is 1.09 bits per heavy atom. The lowest BCUT2D eigenvalue weighted by atomic mass is 9.89. The molecule has 1 aromatic carbocycles. The quantitative estimate of drug-likeness (QED) is 0.886. The van der Waals surface area contributed by atoms with Crippen LogP contribution in [0.2, 0.25) is 0 Å². The number of hydrogen-bond acceptors (Lipinski definition) is 2. The number of carbonyl (C=O) groups excluding carboxylic acids is 1. The first kappa shape index (κ1) is 17.7. The Bertz CT molecular complexity index is 671. The zero-order valence-corrected chi connectivity index (χ0v) is 15.4. The summed E-state index contributed by atoms with van der Waals surface area (Å²) in [4.78, 5) is 18.1. The Morgan fingerprint density at radius 3 is 2.35 bits per heavy atom. The van der Waals surface area contributed by atoms with E-state index < -0.39 is 0 Å². The molecule has 126 valence electrons. The van der Waals surface area contributed by atoms with Crippen molar-refractivity contribution in [2.24, 2.45) is 5.41 Å². The minimum atomic E-state index is -0.287. The summed E-state index contributed by atoms with van der Waals surface area (Å²) in [5.74, 6) is 0.298. The second-order valence-corrected chi connectivity index (χ2v) is 8.38. The predicted molar refractivity (Wildman–Crippen MR) is 97.8 cm³/mol. The minimum Gasteiger partial charge on any atom is -0.361 e. The van der Waals surface area contributed by atoms with Crippen LogP contribution in [0.1, 0.15) is 47.1 Å². The second-order valence-electron chi connectivity index (χ2n) is 8.38. The SMILES string of the molecule is CC(C)(C)C(=O)CN(CCc1c[nH]c2ccccc12)C(C)(C)C. The molecule has 1 aromatic heterocycles. The van der Waals surface area contributed by atoms with E-state index in [4.69, 9.17) is 0 Å². The number of H-pyrrole nitrogens is 1. The van der Waals surface area contributed by atoms with Gasteiger partial charge >= 0.3 is 0 Å². The number of nitrogens with zero attached hydrogens (tertiary/aromatic N) is 1. The molecule has 2 aromatic rings. The van der Waals surface area contributed by atoms with Crippen molar-refractivity contribution >= 4 is 16.7 Å². The third-order valence-electron chi connectivity index (χ3n) is 4.45. The van der Waals surface area contributed by atoms with E-state index in [9.17, 15) is 4.79 Å². The zero-order chi connectivity index (χ0) is 17.3. The number of aromatic amines is 1. The maximum Gasteiger partial charge on any atom is 0.152 e. The summed E-state index contributed by atoms with van der Waals surface area (Å²) >= 11 is 0. The van der Waals surface area contributed by atoms with Crippen LogP contribution in [0.5, 0.6) is 0 Å². The molecule has 0 radical (unpaired) electrons. The Kier molecular flexibility index (Phi) is 5.00. The molecule has 3 nitrogen and oxygen atoms in total. The number of rotatable bonds is 5. The molecule has 0 aliphatic rings. The van der Waals surface area contributed by atoms with Crippen LogP contribution in [0.15, 0.2) is 30.5 Å². The molecule has 0 aliphatic heterocycles. The van der Waals surface area contributed by atoms with Gasteiger partial charge < -0.3 is 4.98 Å². The number of Topliss-reactive ketones (excluding diaryl/α,β-unsaturated/α-hetero) is 1. The monoisotopic (exact) mass is 314 g/mol. The molecule has 0 bridgehead atoms. The van der Waals surface area contributed by atoms with Gasteiger partial charge in [0.2, 0.25) is 0 Å². The van der Waals surface area contributed by atoms with Gasteiger partial charge in [-0.3, -0.25) is 9.69 Å². The number of nitrogens with one attached hydrogen (secondary N) is 1. The summed E-state index contributed by atoms with van der Waals surface area (Å²) in [5.41, 5.74) is 2.19. The molecule has 23 heavy (non-hydrogen) atoms. The summed E-state index contributed by atoms with van der Waals surface area (Å²) in [5, 5.41) is 1.28. The number of para-hydroxylation sites is 1. The molecule has 0 unspecified atom stereocenters. The topological polar surface area (TPSA) is 36.1 Å². The molecule has 0 aliphatic carbocycles. The number of ketones is 1. The van der Waals surface area contributed by atoms with Crippen molar-refractivity contribution in [3.8, 4) is 0 Å². The molecular formula is C20H30N2O. The summed E-state index contributed by atoms with van der Waals surface area (Å²) in [6.07, 6.45) is 3.04. The normalized spacial score (nSPS) is 13.0. The van der Waals surface area contributed by atoms with Crippen LogP contribution < -0.4 is 0 Å². The van der Waals surface area contributed by atoms with Gasteiger partial charge in [0.25, 0.3) is 0 Å². The molecule has 1 N–H and O–H groups in total. The highest BCUT2D eigenvalue weighted by Crippen LogP contribution is 2.22. The molecule has 0 saturated carbocycles. The van der Waals surface area contributed by atoms with Crippen LogP contribution in [0, 0.1) is 5.41 Å². The number of carbonyl (C=O) groups is 1. The van der Waals surface area contributed by atoms with Crippen molar-refractivity contribution in [3.63, 3.8) is 0 Å². The molecule has 0 atom stereocenters. The summed E-state index contributed by atoms with van der Waals surface area (Å²) in [6, 6.07) is 8.38. The molecule has 0 fully saturated rings. The van der Waals surface area contributed by atoms with E-state index in [1.165, 1.54) is 16.5 Å². The van der Waals surface area contributed by atoms with E-state index in [0.717, 1.165) is 13.0 Å². The fourth-order valence-electron chi connectivity index (χ4n) is 2.66. The lowest BCUT2D eigenvalue weighted by Crippen LogP contribution is -2.47. The average molecular weight is 314 g/mol. The molecule has 0 saturated heterocycles. The highest BCUT2D eigenvalue weighted by atomic mass is 16.1.